The minimum atomic E-state index is 0.435. The average molecular weight is 306 g/mol. The Labute approximate surface area is 139 Å². The minimum Gasteiger partial charge on any atom is -0.377 e. The fraction of sp³-hybridized carbons (Fsp3) is 0.429. The molecule has 0 radical (unpaired) electrons. The van der Waals surface area contributed by atoms with Gasteiger partial charge in [0.1, 0.15) is 0 Å². The van der Waals surface area contributed by atoms with Crippen LogP contribution in [-0.2, 0) is 0 Å². The molecule has 2 aliphatic rings. The predicted octanol–water partition coefficient (Wildman–Crippen LogP) is 5.11. The van der Waals surface area contributed by atoms with Gasteiger partial charge in [0, 0.05) is 17.6 Å². The van der Waals surface area contributed by atoms with Gasteiger partial charge in [0.05, 0.1) is 6.04 Å². The number of nitrogens with zero attached hydrogens (tertiary/aromatic N) is 1. The van der Waals surface area contributed by atoms with Crippen molar-refractivity contribution in [1.82, 2.24) is 4.90 Å². The van der Waals surface area contributed by atoms with Gasteiger partial charge in [-0.15, -0.1) is 0 Å². The van der Waals surface area contributed by atoms with E-state index in [0.717, 1.165) is 13.1 Å². The molecule has 120 valence electrons. The predicted molar refractivity (Wildman–Crippen MR) is 96.9 cm³/mol. The third-order valence-corrected chi connectivity index (χ3v) is 5.75. The normalized spacial score (nSPS) is 25.3. The van der Waals surface area contributed by atoms with Gasteiger partial charge in [-0.3, -0.25) is 4.90 Å². The Morgan fingerprint density at radius 1 is 0.957 bits per heavy atom. The van der Waals surface area contributed by atoms with Crippen LogP contribution < -0.4 is 5.32 Å². The summed E-state index contributed by atoms with van der Waals surface area (Å²) in [5.74, 6) is 0.621. The lowest BCUT2D eigenvalue weighted by molar-refractivity contribution is 0.191. The Morgan fingerprint density at radius 3 is 2.48 bits per heavy atom. The topological polar surface area (TPSA) is 15.3 Å². The fourth-order valence-electron chi connectivity index (χ4n) is 4.67. The highest BCUT2D eigenvalue weighted by Gasteiger charge is 2.40. The number of anilines is 1. The largest absolute Gasteiger partial charge is 0.377 e. The van der Waals surface area contributed by atoms with Crippen LogP contribution in [0.15, 0.2) is 48.5 Å². The molecule has 23 heavy (non-hydrogen) atoms. The molecule has 1 N–H and O–H groups in total. The number of benzene rings is 2. The molecule has 0 fully saturated rings. The van der Waals surface area contributed by atoms with Crippen LogP contribution in [0.4, 0.5) is 5.69 Å². The Balaban J connectivity index is 1.74. The molecule has 2 aromatic rings. The molecule has 1 aliphatic heterocycles. The van der Waals surface area contributed by atoms with E-state index in [1.165, 1.54) is 24.1 Å². The summed E-state index contributed by atoms with van der Waals surface area (Å²) in [6, 6.07) is 18.8. The van der Waals surface area contributed by atoms with E-state index in [0.29, 0.717) is 18.0 Å². The van der Waals surface area contributed by atoms with E-state index in [2.05, 4.69) is 72.6 Å². The van der Waals surface area contributed by atoms with Gasteiger partial charge in [-0.1, -0.05) is 56.3 Å². The number of nitrogens with one attached hydrogen (secondary N) is 1. The first-order chi connectivity index (χ1) is 11.3. The summed E-state index contributed by atoms with van der Waals surface area (Å²) in [6.45, 7) is 6.82. The molecule has 2 heteroatoms. The van der Waals surface area contributed by atoms with Crippen LogP contribution in [0.25, 0.3) is 0 Å². The second-order valence-corrected chi connectivity index (χ2v) is 6.76. The maximum Gasteiger partial charge on any atom is 0.0583 e. The van der Waals surface area contributed by atoms with Crippen molar-refractivity contribution in [3.05, 3.63) is 65.2 Å². The van der Waals surface area contributed by atoms with Crippen molar-refractivity contribution in [2.45, 2.75) is 44.7 Å². The van der Waals surface area contributed by atoms with Crippen LogP contribution in [0.2, 0.25) is 0 Å². The quantitative estimate of drug-likeness (QED) is 0.844. The highest BCUT2D eigenvalue weighted by molar-refractivity contribution is 5.65. The summed E-state index contributed by atoms with van der Waals surface area (Å²) in [7, 11) is 0. The van der Waals surface area contributed by atoms with Gasteiger partial charge in [0.2, 0.25) is 0 Å². The molecule has 3 unspecified atom stereocenters. The number of hydrogen-bond donors (Lipinski definition) is 1. The summed E-state index contributed by atoms with van der Waals surface area (Å²) in [6.07, 6.45) is 2.55. The maximum absolute atomic E-state index is 3.81. The molecule has 0 amide bonds. The highest BCUT2D eigenvalue weighted by Crippen LogP contribution is 2.53. The zero-order valence-electron chi connectivity index (χ0n) is 14.1. The molecule has 0 saturated heterocycles. The molecule has 1 heterocycles. The molecule has 0 aromatic heterocycles. The average Bonchev–Trinajstić information content (AvgIpc) is 2.99. The van der Waals surface area contributed by atoms with Gasteiger partial charge in [0.25, 0.3) is 0 Å². The molecular weight excluding hydrogens is 280 g/mol. The van der Waals surface area contributed by atoms with Crippen LogP contribution in [0.1, 0.15) is 61.4 Å². The summed E-state index contributed by atoms with van der Waals surface area (Å²) >= 11 is 0. The molecule has 2 aromatic carbocycles. The highest BCUT2D eigenvalue weighted by atomic mass is 15.1. The maximum atomic E-state index is 3.81. The van der Waals surface area contributed by atoms with Crippen molar-refractivity contribution in [1.29, 1.82) is 0 Å². The SMILES string of the molecule is CCN(CC)C1CCC2c3c(cccc31)NC2c1ccccc1. The lowest BCUT2D eigenvalue weighted by atomic mass is 9.76. The second kappa shape index (κ2) is 6.01. The van der Waals surface area contributed by atoms with Crippen LogP contribution >= 0.6 is 0 Å². The van der Waals surface area contributed by atoms with Crippen molar-refractivity contribution in [2.75, 3.05) is 18.4 Å². The monoisotopic (exact) mass is 306 g/mol. The lowest BCUT2D eigenvalue weighted by Gasteiger charge is -2.37. The zero-order valence-corrected chi connectivity index (χ0v) is 14.1. The van der Waals surface area contributed by atoms with Gasteiger partial charge in [-0.2, -0.15) is 0 Å². The van der Waals surface area contributed by atoms with Crippen molar-refractivity contribution in [2.24, 2.45) is 0 Å². The summed E-state index contributed by atoms with van der Waals surface area (Å²) in [5.41, 5.74) is 5.93. The Morgan fingerprint density at radius 2 is 1.74 bits per heavy atom. The van der Waals surface area contributed by atoms with Gasteiger partial charge >= 0.3 is 0 Å². The van der Waals surface area contributed by atoms with E-state index in [4.69, 9.17) is 0 Å². The Bertz CT molecular complexity index is 675. The van der Waals surface area contributed by atoms with Gasteiger partial charge in [-0.25, -0.2) is 0 Å². The van der Waals surface area contributed by atoms with Gasteiger partial charge < -0.3 is 5.32 Å². The van der Waals surface area contributed by atoms with Crippen LogP contribution in [0.5, 0.6) is 0 Å². The Hall–Kier alpha value is -1.80. The van der Waals surface area contributed by atoms with Crippen LogP contribution in [-0.4, -0.2) is 18.0 Å². The molecule has 0 bridgehead atoms. The summed E-state index contributed by atoms with van der Waals surface area (Å²) in [4.78, 5) is 2.61. The van der Waals surface area contributed by atoms with Gasteiger partial charge in [-0.05, 0) is 48.7 Å². The van der Waals surface area contributed by atoms with Gasteiger partial charge in [0.15, 0.2) is 0 Å². The standard InChI is InChI=1S/C21H26N2/c1-3-23(4-2)19-14-13-17-20-16(19)11-8-12-18(20)22-21(17)15-9-6-5-7-10-15/h5-12,17,19,21-22H,3-4,13-14H2,1-2H3. The summed E-state index contributed by atoms with van der Waals surface area (Å²) < 4.78 is 0. The van der Waals surface area contributed by atoms with E-state index in [9.17, 15) is 0 Å². The second-order valence-electron chi connectivity index (χ2n) is 6.76. The van der Waals surface area contributed by atoms with E-state index in [1.54, 1.807) is 11.1 Å². The van der Waals surface area contributed by atoms with Crippen molar-refractivity contribution < 1.29 is 0 Å². The third-order valence-electron chi connectivity index (χ3n) is 5.75. The molecule has 0 saturated carbocycles. The van der Waals surface area contributed by atoms with Crippen molar-refractivity contribution in [3.8, 4) is 0 Å². The third kappa shape index (κ3) is 2.36. The lowest BCUT2D eigenvalue weighted by Crippen LogP contribution is -2.32. The first-order valence-corrected chi connectivity index (χ1v) is 9.01. The van der Waals surface area contributed by atoms with E-state index < -0.39 is 0 Å². The molecule has 1 aliphatic carbocycles. The molecular formula is C21H26N2. The molecule has 4 rings (SSSR count). The zero-order chi connectivity index (χ0) is 15.8. The number of hydrogen-bond acceptors (Lipinski definition) is 2. The molecule has 3 atom stereocenters. The molecule has 2 nitrogen and oxygen atoms in total. The fourth-order valence-corrected chi connectivity index (χ4v) is 4.67. The Kier molecular flexibility index (Phi) is 3.86. The van der Waals surface area contributed by atoms with Crippen molar-refractivity contribution in [3.63, 3.8) is 0 Å². The van der Waals surface area contributed by atoms with Crippen LogP contribution in [0.3, 0.4) is 0 Å². The molecule has 0 spiro atoms. The first kappa shape index (κ1) is 14.8. The van der Waals surface area contributed by atoms with Crippen molar-refractivity contribution >= 4 is 5.69 Å². The smallest absolute Gasteiger partial charge is 0.0583 e. The summed E-state index contributed by atoms with van der Waals surface area (Å²) in [5, 5.41) is 3.81. The minimum absolute atomic E-state index is 0.435. The first-order valence-electron chi connectivity index (χ1n) is 9.01. The van der Waals surface area contributed by atoms with E-state index in [-0.39, 0.29) is 0 Å². The number of rotatable bonds is 4. The van der Waals surface area contributed by atoms with E-state index >= 15 is 0 Å². The van der Waals surface area contributed by atoms with Crippen LogP contribution in [0, 0.1) is 0 Å². The van der Waals surface area contributed by atoms with E-state index in [1.807, 2.05) is 0 Å².